The lowest BCUT2D eigenvalue weighted by Crippen LogP contribution is -2.41. The molecule has 4 heteroatoms. The molecule has 0 aromatic heterocycles. The summed E-state index contributed by atoms with van der Waals surface area (Å²) < 4.78 is 37.7. The normalized spacial score (nSPS) is 36.8. The number of hydrogen-bond donors (Lipinski definition) is 1. The van der Waals surface area contributed by atoms with Crippen molar-refractivity contribution in [3.05, 3.63) is 0 Å². The first kappa shape index (κ1) is 14.2. The molecule has 2 aliphatic carbocycles. The molecule has 18 heavy (non-hydrogen) atoms. The van der Waals surface area contributed by atoms with Gasteiger partial charge in [-0.3, -0.25) is 0 Å². The second kappa shape index (κ2) is 5.03. The Morgan fingerprint density at radius 3 is 2.00 bits per heavy atom. The molecule has 2 aliphatic rings. The average molecular weight is 263 g/mol. The fourth-order valence-corrected chi connectivity index (χ4v) is 3.50. The summed E-state index contributed by atoms with van der Waals surface area (Å²) in [5, 5.41) is 3.58. The lowest BCUT2D eigenvalue weighted by atomic mass is 9.85. The van der Waals surface area contributed by atoms with Crippen molar-refractivity contribution in [1.82, 2.24) is 5.32 Å². The first-order chi connectivity index (χ1) is 8.26. The largest absolute Gasteiger partial charge is 0.391 e. The molecule has 2 rings (SSSR count). The lowest BCUT2D eigenvalue weighted by molar-refractivity contribution is -0.182. The third kappa shape index (κ3) is 3.62. The van der Waals surface area contributed by atoms with E-state index in [1.54, 1.807) is 0 Å². The van der Waals surface area contributed by atoms with E-state index in [-0.39, 0.29) is 0 Å². The summed E-state index contributed by atoms with van der Waals surface area (Å²) >= 11 is 0. The zero-order valence-corrected chi connectivity index (χ0v) is 11.3. The summed E-state index contributed by atoms with van der Waals surface area (Å²) in [5.74, 6) is -1.06. The van der Waals surface area contributed by atoms with Crippen molar-refractivity contribution >= 4 is 0 Å². The Balaban J connectivity index is 1.74. The van der Waals surface area contributed by atoms with Crippen LogP contribution in [-0.2, 0) is 0 Å². The second-order valence-electron chi connectivity index (χ2n) is 6.86. The van der Waals surface area contributed by atoms with Crippen LogP contribution < -0.4 is 5.32 Å². The van der Waals surface area contributed by atoms with Crippen LogP contribution in [0.2, 0.25) is 0 Å². The van der Waals surface area contributed by atoms with Gasteiger partial charge in [0.2, 0.25) is 0 Å². The molecule has 1 unspecified atom stereocenters. The molecule has 0 aromatic rings. The molecule has 2 saturated carbocycles. The van der Waals surface area contributed by atoms with Crippen molar-refractivity contribution in [3.8, 4) is 0 Å². The molecule has 0 heterocycles. The summed E-state index contributed by atoms with van der Waals surface area (Å²) in [4.78, 5) is 0. The van der Waals surface area contributed by atoms with Crippen molar-refractivity contribution in [2.75, 3.05) is 0 Å². The zero-order chi connectivity index (χ0) is 13.4. The smallest absolute Gasteiger partial charge is 0.311 e. The molecule has 0 bridgehead atoms. The highest BCUT2D eigenvalue weighted by Crippen LogP contribution is 2.40. The molecule has 2 fully saturated rings. The Morgan fingerprint density at radius 1 is 0.944 bits per heavy atom. The van der Waals surface area contributed by atoms with Gasteiger partial charge in [0.05, 0.1) is 5.92 Å². The summed E-state index contributed by atoms with van der Waals surface area (Å²) in [6.45, 7) is 4.55. The van der Waals surface area contributed by atoms with Crippen molar-refractivity contribution in [2.45, 2.75) is 77.1 Å². The Kier molecular flexibility index (Phi) is 3.96. The van der Waals surface area contributed by atoms with E-state index in [9.17, 15) is 13.2 Å². The van der Waals surface area contributed by atoms with E-state index in [0.29, 0.717) is 43.2 Å². The van der Waals surface area contributed by atoms with Gasteiger partial charge in [-0.2, -0.15) is 13.2 Å². The van der Waals surface area contributed by atoms with Crippen LogP contribution in [0, 0.1) is 11.3 Å². The van der Waals surface area contributed by atoms with Gasteiger partial charge in [0.15, 0.2) is 0 Å². The number of alkyl halides is 3. The molecule has 0 saturated heterocycles. The van der Waals surface area contributed by atoms with Gasteiger partial charge in [-0.1, -0.05) is 13.8 Å². The third-order valence-corrected chi connectivity index (χ3v) is 4.63. The van der Waals surface area contributed by atoms with Crippen LogP contribution >= 0.6 is 0 Å². The third-order valence-electron chi connectivity index (χ3n) is 4.63. The Morgan fingerprint density at radius 2 is 1.56 bits per heavy atom. The maximum atomic E-state index is 12.6. The van der Waals surface area contributed by atoms with E-state index >= 15 is 0 Å². The molecule has 1 atom stereocenters. The monoisotopic (exact) mass is 263 g/mol. The van der Waals surface area contributed by atoms with Gasteiger partial charge >= 0.3 is 6.18 Å². The van der Waals surface area contributed by atoms with Crippen LogP contribution in [0.15, 0.2) is 0 Å². The zero-order valence-electron chi connectivity index (χ0n) is 11.3. The Bertz CT molecular complexity index is 277. The SMILES string of the molecule is CC1(C)CCC(NC2CCC(C(F)(F)F)CC2)C1. The maximum absolute atomic E-state index is 12.6. The Labute approximate surface area is 108 Å². The van der Waals surface area contributed by atoms with E-state index in [4.69, 9.17) is 0 Å². The predicted octanol–water partition coefficient (Wildman–Crippen LogP) is 4.28. The standard InChI is InChI=1S/C14H24F3N/c1-13(2)8-7-12(9-13)18-11-5-3-10(4-6-11)14(15,16)17/h10-12,18H,3-9H2,1-2H3. The van der Waals surface area contributed by atoms with E-state index in [2.05, 4.69) is 19.2 Å². The van der Waals surface area contributed by atoms with Gasteiger partial charge < -0.3 is 5.32 Å². The van der Waals surface area contributed by atoms with Gasteiger partial charge in [0.25, 0.3) is 0 Å². The maximum Gasteiger partial charge on any atom is 0.391 e. The van der Waals surface area contributed by atoms with Gasteiger partial charge in [0, 0.05) is 12.1 Å². The van der Waals surface area contributed by atoms with Gasteiger partial charge in [-0.25, -0.2) is 0 Å². The van der Waals surface area contributed by atoms with Crippen LogP contribution in [0.3, 0.4) is 0 Å². The Hall–Kier alpha value is -0.250. The molecule has 0 aromatic carbocycles. The molecular formula is C14H24F3N. The first-order valence-corrected chi connectivity index (χ1v) is 7.09. The quantitative estimate of drug-likeness (QED) is 0.784. The van der Waals surface area contributed by atoms with Gasteiger partial charge in [-0.15, -0.1) is 0 Å². The molecule has 0 aliphatic heterocycles. The van der Waals surface area contributed by atoms with Gasteiger partial charge in [-0.05, 0) is 50.4 Å². The molecule has 0 spiro atoms. The summed E-state index contributed by atoms with van der Waals surface area (Å²) in [5.41, 5.74) is 0.404. The van der Waals surface area contributed by atoms with Crippen molar-refractivity contribution in [3.63, 3.8) is 0 Å². The topological polar surface area (TPSA) is 12.0 Å². The molecule has 0 amide bonds. The van der Waals surface area contributed by atoms with Crippen LogP contribution in [0.1, 0.15) is 58.8 Å². The molecule has 1 N–H and O–H groups in total. The van der Waals surface area contributed by atoms with Crippen molar-refractivity contribution in [2.24, 2.45) is 11.3 Å². The highest BCUT2D eigenvalue weighted by atomic mass is 19.4. The van der Waals surface area contributed by atoms with Crippen molar-refractivity contribution in [1.29, 1.82) is 0 Å². The van der Waals surface area contributed by atoms with Crippen LogP contribution in [0.4, 0.5) is 13.2 Å². The van der Waals surface area contributed by atoms with Crippen LogP contribution in [0.25, 0.3) is 0 Å². The number of halogens is 3. The molecular weight excluding hydrogens is 239 g/mol. The highest BCUT2D eigenvalue weighted by Gasteiger charge is 2.42. The van der Waals surface area contributed by atoms with E-state index < -0.39 is 12.1 Å². The summed E-state index contributed by atoms with van der Waals surface area (Å²) in [6, 6.07) is 0.829. The first-order valence-electron chi connectivity index (χ1n) is 7.09. The number of nitrogens with one attached hydrogen (secondary N) is 1. The van der Waals surface area contributed by atoms with Crippen LogP contribution in [0.5, 0.6) is 0 Å². The molecule has 106 valence electrons. The van der Waals surface area contributed by atoms with E-state index in [0.717, 1.165) is 6.42 Å². The fraction of sp³-hybridized carbons (Fsp3) is 1.00. The lowest BCUT2D eigenvalue weighted by Gasteiger charge is -2.32. The van der Waals surface area contributed by atoms with E-state index in [1.165, 1.54) is 12.8 Å². The molecule has 1 nitrogen and oxygen atoms in total. The highest BCUT2D eigenvalue weighted by molar-refractivity contribution is 4.90. The minimum Gasteiger partial charge on any atom is -0.311 e. The second-order valence-corrected chi connectivity index (χ2v) is 6.86. The minimum atomic E-state index is -3.99. The fourth-order valence-electron chi connectivity index (χ4n) is 3.50. The predicted molar refractivity (Wildman–Crippen MR) is 66.4 cm³/mol. The molecule has 0 radical (unpaired) electrons. The number of hydrogen-bond acceptors (Lipinski definition) is 1. The van der Waals surface area contributed by atoms with Crippen molar-refractivity contribution < 1.29 is 13.2 Å². The minimum absolute atomic E-state index is 0.303. The van der Waals surface area contributed by atoms with Gasteiger partial charge in [0.1, 0.15) is 0 Å². The summed E-state index contributed by atoms with van der Waals surface area (Å²) in [6.07, 6.45) is 1.54. The average Bonchev–Trinajstić information content (AvgIpc) is 2.57. The number of rotatable bonds is 2. The summed E-state index contributed by atoms with van der Waals surface area (Å²) in [7, 11) is 0. The van der Waals surface area contributed by atoms with E-state index in [1.807, 2.05) is 0 Å². The van der Waals surface area contributed by atoms with Crippen LogP contribution in [-0.4, -0.2) is 18.3 Å².